The highest BCUT2D eigenvalue weighted by atomic mass is 19.1. The fraction of sp³-hybridized carbons (Fsp3) is 0.269. The van der Waals surface area contributed by atoms with Crippen LogP contribution < -0.4 is 4.74 Å². The lowest BCUT2D eigenvalue weighted by atomic mass is 10.0. The molecule has 0 aliphatic carbocycles. The van der Waals surface area contributed by atoms with Crippen molar-refractivity contribution in [3.05, 3.63) is 77.7 Å². The van der Waals surface area contributed by atoms with E-state index in [0.29, 0.717) is 53.3 Å². The van der Waals surface area contributed by atoms with Gasteiger partial charge in [0.1, 0.15) is 18.2 Å². The maximum atomic E-state index is 13.5. The van der Waals surface area contributed by atoms with E-state index in [4.69, 9.17) is 9.26 Å². The number of pyridine rings is 1. The van der Waals surface area contributed by atoms with Crippen LogP contribution in [0.4, 0.5) is 4.39 Å². The number of rotatable bonds is 6. The quantitative estimate of drug-likeness (QED) is 0.430. The first kappa shape index (κ1) is 22.0. The number of amides is 1. The number of nitrogens with zero attached hydrogens (tertiary/aromatic N) is 4. The first-order valence-electron chi connectivity index (χ1n) is 11.3. The molecule has 3 heterocycles. The Morgan fingerprint density at radius 3 is 2.53 bits per heavy atom. The molecular weight excluding hydrogens is 435 g/mol. The number of benzene rings is 2. The van der Waals surface area contributed by atoms with Crippen LogP contribution in [0.3, 0.4) is 0 Å². The molecular formula is C26H25FN4O3. The van der Waals surface area contributed by atoms with Gasteiger partial charge < -0.3 is 14.2 Å². The average molecular weight is 461 g/mol. The summed E-state index contributed by atoms with van der Waals surface area (Å²) in [5, 5.41) is 4.63. The first-order chi connectivity index (χ1) is 16.6. The first-order valence-corrected chi connectivity index (χ1v) is 11.3. The molecule has 8 heteroatoms. The molecule has 1 fully saturated rings. The number of hydrogen-bond acceptors (Lipinski definition) is 6. The minimum Gasteiger partial charge on any atom is -0.492 e. The Kier molecular flexibility index (Phi) is 6.22. The Bertz CT molecular complexity index is 1280. The maximum absolute atomic E-state index is 13.5. The highest BCUT2D eigenvalue weighted by molar-refractivity contribution is 6.07. The molecule has 0 unspecified atom stereocenters. The summed E-state index contributed by atoms with van der Waals surface area (Å²) < 4.78 is 24.6. The standard InChI is InChI=1S/C26H25FN4O3/c1-18-24-22(17-23(28-25(24)34-29-18)19-7-9-20(27)10-8-19)26(32)31-13-11-30(12-14-31)15-16-33-21-5-3-2-4-6-21/h2-10,17H,11-16H2,1H3. The summed E-state index contributed by atoms with van der Waals surface area (Å²) in [6.45, 7) is 5.97. The van der Waals surface area contributed by atoms with Crippen LogP contribution in [0.25, 0.3) is 22.4 Å². The van der Waals surface area contributed by atoms with Crippen LogP contribution >= 0.6 is 0 Å². The van der Waals surface area contributed by atoms with E-state index < -0.39 is 0 Å². The molecule has 0 saturated carbocycles. The van der Waals surface area contributed by atoms with Crippen molar-refractivity contribution < 1.29 is 18.4 Å². The van der Waals surface area contributed by atoms with Crippen LogP contribution in [0.5, 0.6) is 5.75 Å². The summed E-state index contributed by atoms with van der Waals surface area (Å²) in [6.07, 6.45) is 0. The summed E-state index contributed by atoms with van der Waals surface area (Å²) in [5.74, 6) is 0.449. The zero-order valence-corrected chi connectivity index (χ0v) is 18.9. The van der Waals surface area contributed by atoms with Crippen molar-refractivity contribution in [3.63, 3.8) is 0 Å². The van der Waals surface area contributed by atoms with Crippen molar-refractivity contribution in [2.75, 3.05) is 39.3 Å². The van der Waals surface area contributed by atoms with Gasteiger partial charge >= 0.3 is 0 Å². The van der Waals surface area contributed by atoms with Crippen LogP contribution in [0.15, 0.2) is 65.2 Å². The second-order valence-electron chi connectivity index (χ2n) is 8.31. The van der Waals surface area contributed by atoms with Crippen LogP contribution in [0.2, 0.25) is 0 Å². The summed E-state index contributed by atoms with van der Waals surface area (Å²) in [7, 11) is 0. The second kappa shape index (κ2) is 9.61. The van der Waals surface area contributed by atoms with Gasteiger partial charge in [0.2, 0.25) is 0 Å². The van der Waals surface area contributed by atoms with E-state index in [1.165, 1.54) is 12.1 Å². The molecule has 0 spiro atoms. The van der Waals surface area contributed by atoms with Gasteiger partial charge in [-0.25, -0.2) is 9.37 Å². The Balaban J connectivity index is 1.29. The fourth-order valence-corrected chi connectivity index (χ4v) is 4.19. The predicted molar refractivity (Wildman–Crippen MR) is 126 cm³/mol. The van der Waals surface area contributed by atoms with Gasteiger partial charge in [-0.2, -0.15) is 0 Å². The largest absolute Gasteiger partial charge is 0.492 e. The van der Waals surface area contributed by atoms with E-state index in [1.54, 1.807) is 25.1 Å². The number of carbonyl (C=O) groups is 1. The Hall–Kier alpha value is -3.78. The smallest absolute Gasteiger partial charge is 0.259 e. The molecule has 0 atom stereocenters. The highest BCUT2D eigenvalue weighted by Crippen LogP contribution is 2.28. The number of hydrogen-bond donors (Lipinski definition) is 0. The Labute approximate surface area is 196 Å². The normalized spacial score (nSPS) is 14.5. The minimum atomic E-state index is -0.330. The Morgan fingerprint density at radius 1 is 1.06 bits per heavy atom. The van der Waals surface area contributed by atoms with Gasteiger partial charge in [0.25, 0.3) is 11.6 Å². The average Bonchev–Trinajstić information content (AvgIpc) is 3.25. The zero-order chi connectivity index (χ0) is 23.5. The number of fused-ring (bicyclic) bond motifs is 1. The number of aromatic nitrogens is 2. The van der Waals surface area contributed by atoms with Crippen LogP contribution in [-0.2, 0) is 0 Å². The summed E-state index contributed by atoms with van der Waals surface area (Å²) >= 11 is 0. The lowest BCUT2D eigenvalue weighted by Gasteiger charge is -2.34. The van der Waals surface area contributed by atoms with Gasteiger partial charge in [0.05, 0.1) is 22.3 Å². The molecule has 1 amide bonds. The molecule has 1 saturated heterocycles. The van der Waals surface area contributed by atoms with Gasteiger partial charge in [0, 0.05) is 38.3 Å². The summed E-state index contributed by atoms with van der Waals surface area (Å²) in [4.78, 5) is 22.2. The van der Waals surface area contributed by atoms with Crippen LogP contribution in [-0.4, -0.2) is 65.2 Å². The molecule has 34 heavy (non-hydrogen) atoms. The van der Waals surface area contributed by atoms with Gasteiger partial charge in [-0.3, -0.25) is 9.69 Å². The van der Waals surface area contributed by atoms with Crippen LogP contribution in [0.1, 0.15) is 16.1 Å². The fourth-order valence-electron chi connectivity index (χ4n) is 4.19. The van der Waals surface area contributed by atoms with E-state index in [0.717, 1.165) is 25.4 Å². The third-order valence-electron chi connectivity index (χ3n) is 6.07. The van der Waals surface area contributed by atoms with Crippen molar-refractivity contribution in [1.82, 2.24) is 19.9 Å². The van der Waals surface area contributed by atoms with Gasteiger partial charge in [-0.1, -0.05) is 23.4 Å². The summed E-state index contributed by atoms with van der Waals surface area (Å²) in [6, 6.07) is 17.5. The molecule has 2 aromatic carbocycles. The topological polar surface area (TPSA) is 71.7 Å². The van der Waals surface area contributed by atoms with Crippen molar-refractivity contribution in [2.45, 2.75) is 6.92 Å². The number of carbonyl (C=O) groups excluding carboxylic acids is 1. The van der Waals surface area contributed by atoms with Crippen molar-refractivity contribution >= 4 is 17.0 Å². The molecule has 1 aliphatic rings. The lowest BCUT2D eigenvalue weighted by molar-refractivity contribution is 0.0622. The SMILES string of the molecule is Cc1noc2nc(-c3ccc(F)cc3)cc(C(=O)N3CCN(CCOc4ccccc4)CC3)c12. The molecule has 5 rings (SSSR count). The van der Waals surface area contributed by atoms with E-state index >= 15 is 0 Å². The van der Waals surface area contributed by atoms with E-state index in [-0.39, 0.29) is 11.7 Å². The number of para-hydroxylation sites is 1. The molecule has 2 aromatic heterocycles. The molecule has 1 aliphatic heterocycles. The van der Waals surface area contributed by atoms with Gasteiger partial charge in [0.15, 0.2) is 0 Å². The predicted octanol–water partition coefficient (Wildman–Crippen LogP) is 4.17. The molecule has 7 nitrogen and oxygen atoms in total. The number of aryl methyl sites for hydroxylation is 1. The number of piperazine rings is 1. The van der Waals surface area contributed by atoms with E-state index in [2.05, 4.69) is 15.0 Å². The van der Waals surface area contributed by atoms with Crippen LogP contribution in [0, 0.1) is 12.7 Å². The molecule has 0 radical (unpaired) electrons. The number of ether oxygens (including phenoxy) is 1. The number of halogens is 1. The third-order valence-corrected chi connectivity index (χ3v) is 6.07. The van der Waals surface area contributed by atoms with Crippen molar-refractivity contribution in [1.29, 1.82) is 0 Å². The lowest BCUT2D eigenvalue weighted by Crippen LogP contribution is -2.49. The zero-order valence-electron chi connectivity index (χ0n) is 18.9. The maximum Gasteiger partial charge on any atom is 0.259 e. The van der Waals surface area contributed by atoms with Gasteiger partial charge in [-0.15, -0.1) is 0 Å². The molecule has 4 aromatic rings. The third kappa shape index (κ3) is 4.63. The molecule has 0 N–H and O–H groups in total. The molecule has 174 valence electrons. The van der Waals surface area contributed by atoms with E-state index in [1.807, 2.05) is 35.2 Å². The van der Waals surface area contributed by atoms with E-state index in [9.17, 15) is 9.18 Å². The summed E-state index contributed by atoms with van der Waals surface area (Å²) in [5.41, 5.74) is 2.68. The second-order valence-corrected chi connectivity index (χ2v) is 8.31. The van der Waals surface area contributed by atoms with Crippen molar-refractivity contribution in [3.8, 4) is 17.0 Å². The monoisotopic (exact) mass is 460 g/mol. The van der Waals surface area contributed by atoms with Crippen molar-refractivity contribution in [2.24, 2.45) is 0 Å². The highest BCUT2D eigenvalue weighted by Gasteiger charge is 2.26. The minimum absolute atomic E-state index is 0.0813. The van der Waals surface area contributed by atoms with Gasteiger partial charge in [-0.05, 0) is 49.4 Å². The Morgan fingerprint density at radius 2 is 1.79 bits per heavy atom. The molecule has 0 bridgehead atoms.